The van der Waals surface area contributed by atoms with Crippen LogP contribution in [0, 0.1) is 12.8 Å². The molecule has 0 spiro atoms. The van der Waals surface area contributed by atoms with Gasteiger partial charge in [-0.15, -0.1) is 0 Å². The van der Waals surface area contributed by atoms with Gasteiger partial charge in [-0.25, -0.2) is 0 Å². The van der Waals surface area contributed by atoms with E-state index >= 15 is 0 Å². The Morgan fingerprint density at radius 1 is 1.26 bits per heavy atom. The molecule has 1 saturated carbocycles. The fourth-order valence-electron chi connectivity index (χ4n) is 3.46. The van der Waals surface area contributed by atoms with Gasteiger partial charge in [-0.3, -0.25) is 0 Å². The molecule has 1 fully saturated rings. The van der Waals surface area contributed by atoms with Gasteiger partial charge in [-0.1, -0.05) is 37.5 Å². The van der Waals surface area contributed by atoms with Crippen molar-refractivity contribution in [3.63, 3.8) is 0 Å². The van der Waals surface area contributed by atoms with Crippen LogP contribution in [-0.4, -0.2) is 19.6 Å². The van der Waals surface area contributed by atoms with Crippen LogP contribution in [0.2, 0.25) is 0 Å². The molecule has 1 aliphatic rings. The molecule has 0 aromatic heterocycles. The van der Waals surface area contributed by atoms with E-state index in [0.717, 1.165) is 18.9 Å². The Balaban J connectivity index is 2.24. The number of rotatable bonds is 4. The summed E-state index contributed by atoms with van der Waals surface area (Å²) in [5, 5.41) is 0. The molecule has 0 heterocycles. The Hall–Kier alpha value is -1.02. The van der Waals surface area contributed by atoms with Crippen molar-refractivity contribution in [2.45, 2.75) is 52.0 Å². The van der Waals surface area contributed by atoms with Crippen LogP contribution in [0.5, 0.6) is 0 Å². The first-order valence-electron chi connectivity index (χ1n) is 7.66. The Labute approximate surface area is 118 Å². The van der Waals surface area contributed by atoms with Crippen molar-refractivity contribution < 1.29 is 0 Å². The maximum atomic E-state index is 5.77. The summed E-state index contributed by atoms with van der Waals surface area (Å²) in [5.41, 5.74) is 9.89. The fraction of sp³-hybridized carbons (Fsp3) is 0.647. The van der Waals surface area contributed by atoms with Crippen LogP contribution in [0.1, 0.15) is 43.7 Å². The molecule has 0 radical (unpaired) electrons. The van der Waals surface area contributed by atoms with Crippen molar-refractivity contribution in [1.82, 2.24) is 0 Å². The summed E-state index contributed by atoms with van der Waals surface area (Å²) in [6.45, 7) is 5.29. The number of hydrogen-bond donors (Lipinski definition) is 1. The third-order valence-electron chi connectivity index (χ3n) is 4.59. The number of nitrogens with zero attached hydrogens (tertiary/aromatic N) is 1. The lowest BCUT2D eigenvalue weighted by Gasteiger charge is -2.38. The molecule has 1 aromatic rings. The first-order valence-corrected chi connectivity index (χ1v) is 7.66. The molecule has 2 N–H and O–H groups in total. The van der Waals surface area contributed by atoms with Crippen molar-refractivity contribution >= 4 is 5.69 Å². The minimum absolute atomic E-state index is 0.688. The fourth-order valence-corrected chi connectivity index (χ4v) is 3.46. The van der Waals surface area contributed by atoms with E-state index in [4.69, 9.17) is 5.73 Å². The minimum Gasteiger partial charge on any atom is -0.371 e. The summed E-state index contributed by atoms with van der Waals surface area (Å²) in [6.07, 6.45) is 6.44. The van der Waals surface area contributed by atoms with E-state index in [0.29, 0.717) is 6.04 Å². The van der Waals surface area contributed by atoms with Crippen molar-refractivity contribution in [2.24, 2.45) is 11.7 Å². The van der Waals surface area contributed by atoms with Gasteiger partial charge < -0.3 is 10.6 Å². The summed E-state index contributed by atoms with van der Waals surface area (Å²) in [7, 11) is 2.26. The van der Waals surface area contributed by atoms with Crippen LogP contribution >= 0.6 is 0 Å². The normalized spacial score (nSPS) is 23.4. The predicted molar refractivity (Wildman–Crippen MR) is 83.8 cm³/mol. The molecule has 2 unspecified atom stereocenters. The molecular formula is C17H28N2. The lowest BCUT2D eigenvalue weighted by molar-refractivity contribution is 0.321. The molecule has 1 aliphatic carbocycles. The molecule has 1 aromatic carbocycles. The van der Waals surface area contributed by atoms with Gasteiger partial charge in [0.25, 0.3) is 0 Å². The molecule has 0 bridgehead atoms. The second-order valence-corrected chi connectivity index (χ2v) is 6.11. The summed E-state index contributed by atoms with van der Waals surface area (Å²) in [4.78, 5) is 2.51. The number of nitrogens with two attached hydrogens (primary N) is 1. The zero-order valence-corrected chi connectivity index (χ0v) is 12.7. The van der Waals surface area contributed by atoms with Crippen LogP contribution in [0.3, 0.4) is 0 Å². The van der Waals surface area contributed by atoms with E-state index in [-0.39, 0.29) is 0 Å². The molecule has 19 heavy (non-hydrogen) atoms. The second kappa shape index (κ2) is 6.42. The summed E-state index contributed by atoms with van der Waals surface area (Å²) in [5.74, 6) is 0.797. The molecule has 0 saturated heterocycles. The molecule has 2 nitrogen and oxygen atoms in total. The molecule has 2 rings (SSSR count). The highest BCUT2D eigenvalue weighted by atomic mass is 15.1. The first kappa shape index (κ1) is 14.4. The van der Waals surface area contributed by atoms with Gasteiger partial charge in [0, 0.05) is 18.8 Å². The molecule has 0 amide bonds. The molecule has 0 aliphatic heterocycles. The van der Waals surface area contributed by atoms with E-state index in [1.165, 1.54) is 42.5 Å². The maximum absolute atomic E-state index is 5.77. The van der Waals surface area contributed by atoms with Crippen molar-refractivity contribution in [3.8, 4) is 0 Å². The van der Waals surface area contributed by atoms with E-state index in [1.807, 2.05) is 0 Å². The average molecular weight is 260 g/mol. The molecular weight excluding hydrogens is 232 g/mol. The number of aryl methyl sites for hydroxylation is 1. The van der Waals surface area contributed by atoms with Crippen LogP contribution in [0.4, 0.5) is 5.69 Å². The van der Waals surface area contributed by atoms with Crippen molar-refractivity contribution in [3.05, 3.63) is 29.3 Å². The highest BCUT2D eigenvalue weighted by molar-refractivity contribution is 5.55. The topological polar surface area (TPSA) is 29.3 Å². The number of anilines is 1. The van der Waals surface area contributed by atoms with Crippen LogP contribution in [-0.2, 0) is 6.42 Å². The lowest BCUT2D eigenvalue weighted by Crippen LogP contribution is -2.39. The zero-order valence-electron chi connectivity index (χ0n) is 12.7. The van der Waals surface area contributed by atoms with Crippen molar-refractivity contribution in [2.75, 3.05) is 18.5 Å². The monoisotopic (exact) mass is 260 g/mol. The molecule has 2 heteroatoms. The van der Waals surface area contributed by atoms with Gasteiger partial charge in [-0.2, -0.15) is 0 Å². The summed E-state index contributed by atoms with van der Waals surface area (Å²) in [6, 6.07) is 7.49. The van der Waals surface area contributed by atoms with E-state index in [1.54, 1.807) is 0 Å². The Morgan fingerprint density at radius 3 is 2.68 bits per heavy atom. The standard InChI is InChI=1S/C17H28N2/c1-13-8-9-17(15(12-13)10-11-18)19(3)16-7-5-4-6-14(16)2/h8-9,12,14,16H,4-7,10-11,18H2,1-3H3. The Kier molecular flexibility index (Phi) is 4.87. The number of hydrogen-bond acceptors (Lipinski definition) is 2. The highest BCUT2D eigenvalue weighted by Gasteiger charge is 2.26. The molecule has 2 atom stereocenters. The quantitative estimate of drug-likeness (QED) is 0.897. The van der Waals surface area contributed by atoms with Crippen molar-refractivity contribution in [1.29, 1.82) is 0 Å². The maximum Gasteiger partial charge on any atom is 0.0399 e. The van der Waals surface area contributed by atoms with Crippen LogP contribution < -0.4 is 10.6 Å². The van der Waals surface area contributed by atoms with Gasteiger partial charge in [-0.05, 0) is 50.3 Å². The third-order valence-corrected chi connectivity index (χ3v) is 4.59. The highest BCUT2D eigenvalue weighted by Crippen LogP contribution is 2.32. The largest absolute Gasteiger partial charge is 0.371 e. The lowest BCUT2D eigenvalue weighted by atomic mass is 9.84. The zero-order chi connectivity index (χ0) is 13.8. The second-order valence-electron chi connectivity index (χ2n) is 6.11. The van der Waals surface area contributed by atoms with Gasteiger partial charge >= 0.3 is 0 Å². The molecule has 106 valence electrons. The number of benzene rings is 1. The SMILES string of the molecule is Cc1ccc(N(C)C2CCCCC2C)c(CCN)c1. The Bertz CT molecular complexity index is 414. The van der Waals surface area contributed by atoms with Gasteiger partial charge in [0.05, 0.1) is 0 Å². The first-order chi connectivity index (χ1) is 9.13. The van der Waals surface area contributed by atoms with E-state index < -0.39 is 0 Å². The summed E-state index contributed by atoms with van der Waals surface area (Å²) >= 11 is 0. The van der Waals surface area contributed by atoms with Crippen LogP contribution in [0.15, 0.2) is 18.2 Å². The summed E-state index contributed by atoms with van der Waals surface area (Å²) < 4.78 is 0. The predicted octanol–water partition coefficient (Wildman–Crippen LogP) is 3.51. The van der Waals surface area contributed by atoms with E-state index in [9.17, 15) is 0 Å². The smallest absolute Gasteiger partial charge is 0.0399 e. The van der Waals surface area contributed by atoms with Gasteiger partial charge in [0.2, 0.25) is 0 Å². The van der Waals surface area contributed by atoms with Gasteiger partial charge in [0.1, 0.15) is 0 Å². The van der Waals surface area contributed by atoms with E-state index in [2.05, 4.69) is 44.0 Å². The van der Waals surface area contributed by atoms with Crippen LogP contribution in [0.25, 0.3) is 0 Å². The third kappa shape index (κ3) is 3.30. The Morgan fingerprint density at radius 2 is 2.00 bits per heavy atom. The van der Waals surface area contributed by atoms with Gasteiger partial charge in [0.15, 0.2) is 0 Å². The average Bonchev–Trinajstić information content (AvgIpc) is 2.39. The minimum atomic E-state index is 0.688.